The lowest BCUT2D eigenvalue weighted by Crippen LogP contribution is -2.21. The van der Waals surface area contributed by atoms with Crippen molar-refractivity contribution in [1.82, 2.24) is 0 Å². The van der Waals surface area contributed by atoms with Gasteiger partial charge < -0.3 is 24.8 Å². The fourth-order valence-corrected chi connectivity index (χ4v) is 3.85. The van der Waals surface area contributed by atoms with Crippen molar-refractivity contribution in [3.8, 4) is 11.5 Å². The molecular formula is C30H30Cl2N2O7. The van der Waals surface area contributed by atoms with Crippen LogP contribution in [-0.2, 0) is 23.9 Å². The quantitative estimate of drug-likeness (QED) is 0.150. The molecule has 0 aliphatic rings. The highest BCUT2D eigenvalue weighted by atomic mass is 35.5. The van der Waals surface area contributed by atoms with Crippen LogP contribution in [0.3, 0.4) is 0 Å². The Morgan fingerprint density at radius 3 is 2.07 bits per heavy atom. The number of carbonyl (C=O) groups excluding carboxylic acids is 4. The molecule has 2 N–H and O–H groups in total. The normalized spacial score (nSPS) is 10.4. The topological polar surface area (TPSA) is 120 Å². The van der Waals surface area contributed by atoms with E-state index in [0.717, 1.165) is 12.8 Å². The molecule has 0 atom stereocenters. The van der Waals surface area contributed by atoms with E-state index in [9.17, 15) is 19.2 Å². The van der Waals surface area contributed by atoms with E-state index in [-0.39, 0.29) is 25.2 Å². The molecule has 216 valence electrons. The van der Waals surface area contributed by atoms with Crippen molar-refractivity contribution < 1.29 is 33.4 Å². The van der Waals surface area contributed by atoms with E-state index in [1.807, 2.05) is 6.92 Å². The van der Waals surface area contributed by atoms with Gasteiger partial charge in [0.25, 0.3) is 5.91 Å². The minimum Gasteiger partial charge on any atom is -0.462 e. The van der Waals surface area contributed by atoms with Crippen molar-refractivity contribution in [2.75, 3.05) is 23.8 Å². The van der Waals surface area contributed by atoms with Gasteiger partial charge in [-0.2, -0.15) is 0 Å². The van der Waals surface area contributed by atoms with Gasteiger partial charge in [0.15, 0.2) is 6.61 Å². The van der Waals surface area contributed by atoms with E-state index in [1.54, 1.807) is 66.7 Å². The summed E-state index contributed by atoms with van der Waals surface area (Å²) in [6.07, 6.45) is 2.03. The van der Waals surface area contributed by atoms with Crippen LogP contribution < -0.4 is 15.4 Å². The predicted octanol–water partition coefficient (Wildman–Crippen LogP) is 7.03. The zero-order chi connectivity index (χ0) is 29.6. The second kappa shape index (κ2) is 16.2. The standard InChI is InChI=1S/C30H30Cl2N2O7/c1-2-3-17-39-30(38)20-7-10-22(11-8-20)34-28(36)19-40-29(37)6-4-5-27(35)33-23-12-14-24(15-13-23)41-26-16-9-21(31)18-25(26)32/h7-16,18H,2-6,17,19H2,1H3,(H,33,35)(H,34,36). The number of carbonyl (C=O) groups is 4. The lowest BCUT2D eigenvalue weighted by Gasteiger charge is -2.10. The summed E-state index contributed by atoms with van der Waals surface area (Å²) in [5.41, 5.74) is 1.38. The molecule has 0 unspecified atom stereocenters. The van der Waals surface area contributed by atoms with Crippen LogP contribution in [0.25, 0.3) is 0 Å². The van der Waals surface area contributed by atoms with Crippen molar-refractivity contribution in [2.45, 2.75) is 39.0 Å². The van der Waals surface area contributed by atoms with E-state index in [0.29, 0.717) is 45.1 Å². The van der Waals surface area contributed by atoms with E-state index in [1.165, 1.54) is 0 Å². The average molecular weight is 601 g/mol. The van der Waals surface area contributed by atoms with E-state index in [2.05, 4.69) is 10.6 Å². The van der Waals surface area contributed by atoms with Gasteiger partial charge in [-0.1, -0.05) is 36.5 Å². The minimum atomic E-state index is -0.597. The first-order valence-electron chi connectivity index (χ1n) is 13.0. The molecule has 0 aliphatic carbocycles. The number of unbranched alkanes of at least 4 members (excludes halogenated alkanes) is 1. The molecule has 41 heavy (non-hydrogen) atoms. The Morgan fingerprint density at radius 2 is 1.41 bits per heavy atom. The van der Waals surface area contributed by atoms with Crippen molar-refractivity contribution >= 4 is 58.3 Å². The van der Waals surface area contributed by atoms with Crippen LogP contribution in [0, 0.1) is 0 Å². The molecule has 11 heteroatoms. The van der Waals surface area contributed by atoms with Gasteiger partial charge in [-0.3, -0.25) is 14.4 Å². The molecule has 3 rings (SSSR count). The number of hydrogen-bond donors (Lipinski definition) is 2. The SMILES string of the molecule is CCCCOC(=O)c1ccc(NC(=O)COC(=O)CCCC(=O)Nc2ccc(Oc3ccc(Cl)cc3Cl)cc2)cc1. The number of anilines is 2. The van der Waals surface area contributed by atoms with E-state index < -0.39 is 24.5 Å². The number of nitrogens with one attached hydrogen (secondary N) is 2. The highest BCUT2D eigenvalue weighted by molar-refractivity contribution is 6.35. The summed E-state index contributed by atoms with van der Waals surface area (Å²) < 4.78 is 15.8. The third-order valence-electron chi connectivity index (χ3n) is 5.54. The van der Waals surface area contributed by atoms with Crippen molar-refractivity contribution in [2.24, 2.45) is 0 Å². The van der Waals surface area contributed by atoms with E-state index >= 15 is 0 Å². The van der Waals surface area contributed by atoms with Crippen LogP contribution in [0.5, 0.6) is 11.5 Å². The minimum absolute atomic E-state index is 0.0236. The molecule has 0 bridgehead atoms. The number of ether oxygens (including phenoxy) is 3. The van der Waals surface area contributed by atoms with Crippen LogP contribution in [0.4, 0.5) is 11.4 Å². The maximum Gasteiger partial charge on any atom is 0.338 e. The molecule has 0 saturated heterocycles. The molecule has 0 aromatic heterocycles. The number of rotatable bonds is 14. The Morgan fingerprint density at radius 1 is 0.756 bits per heavy atom. The van der Waals surface area contributed by atoms with Crippen molar-refractivity contribution in [1.29, 1.82) is 0 Å². The largest absolute Gasteiger partial charge is 0.462 e. The Labute approximate surface area is 248 Å². The van der Waals surface area contributed by atoms with Gasteiger partial charge in [-0.15, -0.1) is 0 Å². The summed E-state index contributed by atoms with van der Waals surface area (Å²) in [5.74, 6) is -0.850. The molecule has 0 radical (unpaired) electrons. The molecule has 0 heterocycles. The average Bonchev–Trinajstić information content (AvgIpc) is 2.95. The van der Waals surface area contributed by atoms with Crippen molar-refractivity contribution in [3.05, 3.63) is 82.3 Å². The number of hydrogen-bond acceptors (Lipinski definition) is 7. The zero-order valence-electron chi connectivity index (χ0n) is 22.4. The fraction of sp³-hybridized carbons (Fsp3) is 0.267. The van der Waals surface area contributed by atoms with Crippen molar-refractivity contribution in [3.63, 3.8) is 0 Å². The molecule has 0 saturated carbocycles. The summed E-state index contributed by atoms with van der Waals surface area (Å²) in [7, 11) is 0. The van der Waals surface area contributed by atoms with Gasteiger partial charge in [-0.25, -0.2) is 4.79 Å². The van der Waals surface area contributed by atoms with Gasteiger partial charge in [0, 0.05) is 29.2 Å². The number of benzene rings is 3. The van der Waals surface area contributed by atoms with E-state index in [4.69, 9.17) is 37.4 Å². The first kappa shape index (κ1) is 31.4. The molecule has 0 aliphatic heterocycles. The number of halogens is 2. The van der Waals surface area contributed by atoms with Crippen LogP contribution in [0.15, 0.2) is 66.7 Å². The number of esters is 2. The molecule has 2 amide bonds. The van der Waals surface area contributed by atoms with Crippen LogP contribution in [-0.4, -0.2) is 37.0 Å². The lowest BCUT2D eigenvalue weighted by atomic mass is 10.2. The third-order valence-corrected chi connectivity index (χ3v) is 6.07. The van der Waals surface area contributed by atoms with Gasteiger partial charge in [0.05, 0.1) is 17.2 Å². The van der Waals surface area contributed by atoms with Crippen LogP contribution in [0.1, 0.15) is 49.4 Å². The first-order chi connectivity index (χ1) is 19.7. The molecule has 0 fully saturated rings. The smallest absolute Gasteiger partial charge is 0.338 e. The summed E-state index contributed by atoms with van der Waals surface area (Å²) in [5, 5.41) is 6.21. The first-order valence-corrected chi connectivity index (χ1v) is 13.7. The van der Waals surface area contributed by atoms with Gasteiger partial charge >= 0.3 is 11.9 Å². The summed E-state index contributed by atoms with van der Waals surface area (Å²) in [6.45, 7) is 1.89. The van der Waals surface area contributed by atoms with Gasteiger partial charge in [0.2, 0.25) is 5.91 Å². The Kier molecular flexibility index (Phi) is 12.5. The summed E-state index contributed by atoms with van der Waals surface area (Å²) in [4.78, 5) is 48.2. The fourth-order valence-electron chi connectivity index (χ4n) is 3.41. The molecular weight excluding hydrogens is 571 g/mol. The lowest BCUT2D eigenvalue weighted by molar-refractivity contribution is -0.147. The Balaban J connectivity index is 1.31. The molecule has 3 aromatic carbocycles. The maximum atomic E-state index is 12.2. The van der Waals surface area contributed by atoms with Gasteiger partial charge in [-0.05, 0) is 79.6 Å². The Hall–Kier alpha value is -4.08. The second-order valence-electron chi connectivity index (χ2n) is 8.88. The molecule has 0 spiro atoms. The second-order valence-corrected chi connectivity index (χ2v) is 9.72. The monoisotopic (exact) mass is 600 g/mol. The maximum absolute atomic E-state index is 12.2. The highest BCUT2D eigenvalue weighted by Crippen LogP contribution is 2.32. The van der Waals surface area contributed by atoms with Crippen LogP contribution in [0.2, 0.25) is 10.0 Å². The van der Waals surface area contributed by atoms with Gasteiger partial charge in [0.1, 0.15) is 11.5 Å². The highest BCUT2D eigenvalue weighted by Gasteiger charge is 2.12. The molecule has 3 aromatic rings. The van der Waals surface area contributed by atoms with Crippen LogP contribution >= 0.6 is 23.2 Å². The summed E-state index contributed by atoms with van der Waals surface area (Å²) in [6, 6.07) is 17.8. The zero-order valence-corrected chi connectivity index (χ0v) is 23.9. The number of amides is 2. The summed E-state index contributed by atoms with van der Waals surface area (Å²) >= 11 is 12.0. The Bertz CT molecular complexity index is 1350. The molecule has 9 nitrogen and oxygen atoms in total. The predicted molar refractivity (Wildman–Crippen MR) is 157 cm³/mol. The third kappa shape index (κ3) is 11.1.